The lowest BCUT2D eigenvalue weighted by Crippen LogP contribution is -2.08. The summed E-state index contributed by atoms with van der Waals surface area (Å²) in [6, 6.07) is 14.4. The van der Waals surface area contributed by atoms with Crippen molar-refractivity contribution in [2.75, 3.05) is 7.11 Å². The van der Waals surface area contributed by atoms with Crippen LogP contribution in [0.2, 0.25) is 0 Å². The Morgan fingerprint density at radius 3 is 2.50 bits per heavy atom. The summed E-state index contributed by atoms with van der Waals surface area (Å²) in [7, 11) is 1.60. The smallest absolute Gasteiger partial charge is 0.135 e. The number of hydrogen-bond acceptors (Lipinski definition) is 4. The van der Waals surface area contributed by atoms with Gasteiger partial charge in [-0.25, -0.2) is 0 Å². The molecule has 1 unspecified atom stereocenters. The van der Waals surface area contributed by atoms with Gasteiger partial charge in [-0.05, 0) is 37.3 Å². The highest BCUT2D eigenvalue weighted by Gasteiger charge is 2.15. The fourth-order valence-corrected chi connectivity index (χ4v) is 2.00. The van der Waals surface area contributed by atoms with E-state index in [0.29, 0.717) is 22.8 Å². The summed E-state index contributed by atoms with van der Waals surface area (Å²) in [6.07, 6.45) is 0. The average Bonchev–Trinajstić information content (AvgIpc) is 2.46. The van der Waals surface area contributed by atoms with Crippen molar-refractivity contribution in [3.8, 4) is 23.3 Å². The Labute approximate surface area is 118 Å². The number of methoxy groups -OCH3 is 1. The van der Waals surface area contributed by atoms with Gasteiger partial charge >= 0.3 is 0 Å². The lowest BCUT2D eigenvalue weighted by Gasteiger charge is -2.17. The highest BCUT2D eigenvalue weighted by molar-refractivity contribution is 5.49. The molecule has 0 aromatic heterocycles. The molecule has 2 N–H and O–H groups in total. The Balaban J connectivity index is 2.40. The predicted molar refractivity (Wildman–Crippen MR) is 76.8 cm³/mol. The second-order valence-corrected chi connectivity index (χ2v) is 4.40. The van der Waals surface area contributed by atoms with Gasteiger partial charge in [0.05, 0.1) is 24.3 Å². The molecule has 1 atom stereocenters. The zero-order chi connectivity index (χ0) is 14.5. The molecular formula is C16H16N2O2. The third-order valence-corrected chi connectivity index (χ3v) is 2.89. The fraction of sp³-hybridized carbons (Fsp3) is 0.188. The molecule has 0 aliphatic carbocycles. The van der Waals surface area contributed by atoms with E-state index in [1.54, 1.807) is 31.4 Å². The molecule has 4 nitrogen and oxygen atoms in total. The van der Waals surface area contributed by atoms with Gasteiger partial charge in [0, 0.05) is 6.04 Å². The van der Waals surface area contributed by atoms with Crippen LogP contribution in [0.5, 0.6) is 17.2 Å². The normalized spacial score (nSPS) is 11.5. The highest BCUT2D eigenvalue weighted by atomic mass is 16.5. The lowest BCUT2D eigenvalue weighted by atomic mass is 10.1. The third-order valence-electron chi connectivity index (χ3n) is 2.89. The Morgan fingerprint density at radius 1 is 1.15 bits per heavy atom. The Kier molecular flexibility index (Phi) is 4.24. The molecule has 0 amide bonds. The molecule has 0 spiro atoms. The average molecular weight is 268 g/mol. The third kappa shape index (κ3) is 2.90. The summed E-state index contributed by atoms with van der Waals surface area (Å²) in [5, 5.41) is 8.91. The molecule has 0 radical (unpaired) electrons. The highest BCUT2D eigenvalue weighted by Crippen LogP contribution is 2.35. The Morgan fingerprint density at radius 2 is 1.85 bits per heavy atom. The SMILES string of the molecule is COc1cccc(Oc2cccc(C#N)c2)c1C(C)N. The number of ether oxygens (including phenoxy) is 2. The second kappa shape index (κ2) is 6.09. The first kappa shape index (κ1) is 13.9. The van der Waals surface area contributed by atoms with Crippen molar-refractivity contribution in [1.82, 2.24) is 0 Å². The van der Waals surface area contributed by atoms with E-state index in [-0.39, 0.29) is 6.04 Å². The van der Waals surface area contributed by atoms with Crippen LogP contribution in [0.3, 0.4) is 0 Å². The molecule has 0 bridgehead atoms. The first-order chi connectivity index (χ1) is 9.65. The van der Waals surface area contributed by atoms with Crippen LogP contribution < -0.4 is 15.2 Å². The molecule has 0 fully saturated rings. The standard InChI is InChI=1S/C16H16N2O2/c1-11(18)16-14(19-2)7-4-8-15(16)20-13-6-3-5-12(9-13)10-17/h3-9,11H,18H2,1-2H3. The predicted octanol–water partition coefficient (Wildman–Crippen LogP) is 3.38. The molecule has 0 aliphatic rings. The Bertz CT molecular complexity index is 645. The van der Waals surface area contributed by atoms with E-state index in [9.17, 15) is 0 Å². The molecule has 20 heavy (non-hydrogen) atoms. The van der Waals surface area contributed by atoms with Gasteiger partial charge in [0.2, 0.25) is 0 Å². The van der Waals surface area contributed by atoms with Gasteiger partial charge in [0.15, 0.2) is 0 Å². The Hall–Kier alpha value is -2.51. The minimum Gasteiger partial charge on any atom is -0.496 e. The molecule has 0 saturated heterocycles. The van der Waals surface area contributed by atoms with Gasteiger partial charge in [-0.3, -0.25) is 0 Å². The van der Waals surface area contributed by atoms with Crippen LogP contribution in [0.15, 0.2) is 42.5 Å². The van der Waals surface area contributed by atoms with Gasteiger partial charge in [-0.1, -0.05) is 12.1 Å². The first-order valence-corrected chi connectivity index (χ1v) is 6.26. The van der Waals surface area contributed by atoms with Crippen molar-refractivity contribution in [3.05, 3.63) is 53.6 Å². The van der Waals surface area contributed by atoms with E-state index in [1.165, 1.54) is 0 Å². The number of nitrogens with two attached hydrogens (primary N) is 1. The lowest BCUT2D eigenvalue weighted by molar-refractivity contribution is 0.397. The van der Waals surface area contributed by atoms with Gasteiger partial charge < -0.3 is 15.2 Å². The maximum Gasteiger partial charge on any atom is 0.135 e. The largest absolute Gasteiger partial charge is 0.496 e. The number of hydrogen-bond donors (Lipinski definition) is 1. The van der Waals surface area contributed by atoms with E-state index in [1.807, 2.05) is 25.1 Å². The monoisotopic (exact) mass is 268 g/mol. The van der Waals surface area contributed by atoms with Crippen molar-refractivity contribution in [2.24, 2.45) is 5.73 Å². The van der Waals surface area contributed by atoms with Gasteiger partial charge in [0.1, 0.15) is 17.2 Å². The molecule has 102 valence electrons. The zero-order valence-electron chi connectivity index (χ0n) is 11.5. The maximum absolute atomic E-state index is 8.91. The van der Waals surface area contributed by atoms with Crippen LogP contribution in [0.4, 0.5) is 0 Å². The minimum absolute atomic E-state index is 0.222. The van der Waals surface area contributed by atoms with E-state index in [4.69, 9.17) is 20.5 Å². The van der Waals surface area contributed by atoms with Crippen molar-refractivity contribution in [1.29, 1.82) is 5.26 Å². The molecule has 0 aliphatic heterocycles. The summed E-state index contributed by atoms with van der Waals surface area (Å²) < 4.78 is 11.2. The van der Waals surface area contributed by atoms with Crippen molar-refractivity contribution >= 4 is 0 Å². The summed E-state index contributed by atoms with van der Waals surface area (Å²) >= 11 is 0. The molecular weight excluding hydrogens is 252 g/mol. The molecule has 2 aromatic rings. The van der Waals surface area contributed by atoms with Crippen LogP contribution in [-0.2, 0) is 0 Å². The van der Waals surface area contributed by atoms with Gasteiger partial charge in [-0.15, -0.1) is 0 Å². The van der Waals surface area contributed by atoms with E-state index in [2.05, 4.69) is 6.07 Å². The number of nitrogens with zero attached hydrogens (tertiary/aromatic N) is 1. The van der Waals surface area contributed by atoms with Gasteiger partial charge in [-0.2, -0.15) is 5.26 Å². The summed E-state index contributed by atoms with van der Waals surface area (Å²) in [6.45, 7) is 1.87. The molecule has 4 heteroatoms. The summed E-state index contributed by atoms with van der Waals surface area (Å²) in [5.41, 5.74) is 7.34. The minimum atomic E-state index is -0.222. The fourth-order valence-electron chi connectivity index (χ4n) is 2.00. The topological polar surface area (TPSA) is 68.3 Å². The van der Waals surface area contributed by atoms with Crippen LogP contribution >= 0.6 is 0 Å². The second-order valence-electron chi connectivity index (χ2n) is 4.40. The van der Waals surface area contributed by atoms with Crippen LogP contribution in [0, 0.1) is 11.3 Å². The number of nitriles is 1. The van der Waals surface area contributed by atoms with E-state index < -0.39 is 0 Å². The molecule has 2 rings (SSSR count). The van der Waals surface area contributed by atoms with Crippen molar-refractivity contribution in [2.45, 2.75) is 13.0 Å². The van der Waals surface area contributed by atoms with E-state index in [0.717, 1.165) is 5.56 Å². The number of rotatable bonds is 4. The quantitative estimate of drug-likeness (QED) is 0.923. The van der Waals surface area contributed by atoms with E-state index >= 15 is 0 Å². The maximum atomic E-state index is 8.91. The van der Waals surface area contributed by atoms with Crippen molar-refractivity contribution < 1.29 is 9.47 Å². The molecule has 2 aromatic carbocycles. The number of benzene rings is 2. The molecule has 0 heterocycles. The van der Waals surface area contributed by atoms with Crippen molar-refractivity contribution in [3.63, 3.8) is 0 Å². The van der Waals surface area contributed by atoms with Crippen LogP contribution in [-0.4, -0.2) is 7.11 Å². The van der Waals surface area contributed by atoms with Crippen LogP contribution in [0.25, 0.3) is 0 Å². The van der Waals surface area contributed by atoms with Crippen LogP contribution in [0.1, 0.15) is 24.1 Å². The summed E-state index contributed by atoms with van der Waals surface area (Å²) in [4.78, 5) is 0. The first-order valence-electron chi connectivity index (χ1n) is 6.26. The molecule has 0 saturated carbocycles. The summed E-state index contributed by atoms with van der Waals surface area (Å²) in [5.74, 6) is 1.92. The van der Waals surface area contributed by atoms with Gasteiger partial charge in [0.25, 0.3) is 0 Å². The zero-order valence-corrected chi connectivity index (χ0v) is 11.5.